The minimum absolute atomic E-state index is 0.0663. The van der Waals surface area contributed by atoms with Crippen LogP contribution in [0.25, 0.3) is 0 Å². The molecule has 120 valence electrons. The number of halogens is 1. The lowest BCUT2D eigenvalue weighted by molar-refractivity contribution is -0.140. The summed E-state index contributed by atoms with van der Waals surface area (Å²) in [7, 11) is 0.695. The molecule has 1 saturated heterocycles. The van der Waals surface area contributed by atoms with E-state index in [0.717, 1.165) is 0 Å². The molecule has 1 unspecified atom stereocenters. The quantitative estimate of drug-likeness (QED) is 0.633. The van der Waals surface area contributed by atoms with Crippen molar-refractivity contribution in [3.63, 3.8) is 0 Å². The molecule has 2 rings (SSSR count). The number of hydrogen-bond acceptors (Lipinski definition) is 4. The van der Waals surface area contributed by atoms with Crippen molar-refractivity contribution >= 4 is 13.1 Å². The van der Waals surface area contributed by atoms with Gasteiger partial charge in [0.05, 0.1) is 24.7 Å². The van der Waals surface area contributed by atoms with E-state index in [1.807, 2.05) is 27.7 Å². The van der Waals surface area contributed by atoms with Crippen LogP contribution in [0, 0.1) is 5.82 Å². The van der Waals surface area contributed by atoms with Crippen LogP contribution in [0.5, 0.6) is 0 Å². The summed E-state index contributed by atoms with van der Waals surface area (Å²) in [5.41, 5.74) is -0.373. The van der Waals surface area contributed by atoms with E-state index in [1.165, 1.54) is 19.2 Å². The lowest BCUT2D eigenvalue weighted by Gasteiger charge is -2.32. The molecule has 1 aliphatic heterocycles. The van der Waals surface area contributed by atoms with Gasteiger partial charge in [0, 0.05) is 5.82 Å². The highest BCUT2D eigenvalue weighted by Gasteiger charge is 2.54. The average molecular weight is 308 g/mol. The fourth-order valence-corrected chi connectivity index (χ4v) is 2.42. The molecule has 0 spiro atoms. The Kier molecular flexibility index (Phi) is 4.63. The van der Waals surface area contributed by atoms with Gasteiger partial charge in [0.1, 0.15) is 5.82 Å². The fraction of sp³-hybridized carbons (Fsp3) is 0.562. The molecule has 0 saturated carbocycles. The van der Waals surface area contributed by atoms with Gasteiger partial charge in [-0.1, -0.05) is 12.1 Å². The first kappa shape index (κ1) is 17.0. The smallest absolute Gasteiger partial charge is 0.466 e. The molecule has 1 atom stereocenters. The Bertz CT molecular complexity index is 543. The zero-order chi connectivity index (χ0) is 16.5. The van der Waals surface area contributed by atoms with Crippen LogP contribution >= 0.6 is 0 Å². The van der Waals surface area contributed by atoms with E-state index in [-0.39, 0.29) is 18.2 Å². The number of rotatable bonds is 4. The van der Waals surface area contributed by atoms with Crippen molar-refractivity contribution in [1.82, 2.24) is 0 Å². The Morgan fingerprint density at radius 2 is 1.86 bits per heavy atom. The highest BCUT2D eigenvalue weighted by atomic mass is 19.1. The van der Waals surface area contributed by atoms with Crippen molar-refractivity contribution in [2.75, 3.05) is 7.11 Å². The monoisotopic (exact) mass is 308 g/mol. The van der Waals surface area contributed by atoms with Crippen LogP contribution in [0.2, 0.25) is 0 Å². The maximum Gasteiger partial charge on any atom is 0.466 e. The summed E-state index contributed by atoms with van der Waals surface area (Å²) in [5, 5.41) is 0. The third kappa shape index (κ3) is 3.33. The minimum atomic E-state index is -0.633. The molecule has 4 nitrogen and oxygen atoms in total. The summed E-state index contributed by atoms with van der Waals surface area (Å²) in [5.74, 6) is -1.17. The molecule has 0 aliphatic carbocycles. The zero-order valence-electron chi connectivity index (χ0n) is 13.7. The van der Waals surface area contributed by atoms with E-state index >= 15 is 0 Å². The first-order valence-electron chi connectivity index (χ1n) is 7.34. The Balaban J connectivity index is 2.32. The molecule has 1 aliphatic rings. The second-order valence-corrected chi connectivity index (χ2v) is 6.57. The minimum Gasteiger partial charge on any atom is -0.469 e. The SMILES string of the molecule is COC(=O)CC(B1OC(C)(C)C(C)(C)O1)c1cccc(F)c1. The molecule has 1 fully saturated rings. The molecule has 0 amide bonds. The molecule has 6 heteroatoms. The maximum absolute atomic E-state index is 13.5. The van der Waals surface area contributed by atoms with Crippen molar-refractivity contribution < 1.29 is 23.2 Å². The lowest BCUT2D eigenvalue weighted by Crippen LogP contribution is -2.41. The highest BCUT2D eigenvalue weighted by Crippen LogP contribution is 2.41. The number of benzene rings is 1. The van der Waals surface area contributed by atoms with Crippen LogP contribution in [0.3, 0.4) is 0 Å². The Morgan fingerprint density at radius 1 is 1.27 bits per heavy atom. The van der Waals surface area contributed by atoms with E-state index in [0.29, 0.717) is 5.56 Å². The van der Waals surface area contributed by atoms with E-state index in [4.69, 9.17) is 14.0 Å². The second-order valence-electron chi connectivity index (χ2n) is 6.57. The van der Waals surface area contributed by atoms with Crippen molar-refractivity contribution in [2.45, 2.75) is 51.1 Å². The van der Waals surface area contributed by atoms with Gasteiger partial charge in [-0.25, -0.2) is 4.39 Å². The van der Waals surface area contributed by atoms with Gasteiger partial charge in [-0.05, 0) is 45.4 Å². The second kappa shape index (κ2) is 6.01. The molecule has 0 radical (unpaired) electrons. The van der Waals surface area contributed by atoms with Gasteiger partial charge in [-0.3, -0.25) is 4.79 Å². The van der Waals surface area contributed by atoms with Crippen molar-refractivity contribution in [3.8, 4) is 0 Å². The van der Waals surface area contributed by atoms with Crippen LogP contribution in [0.4, 0.5) is 4.39 Å². The van der Waals surface area contributed by atoms with Gasteiger partial charge in [0.2, 0.25) is 0 Å². The van der Waals surface area contributed by atoms with Crippen LogP contribution in [-0.2, 0) is 18.8 Å². The zero-order valence-corrected chi connectivity index (χ0v) is 13.7. The predicted octanol–water partition coefficient (Wildman–Crippen LogP) is 3.10. The Hall–Kier alpha value is -1.40. The third-order valence-corrected chi connectivity index (χ3v) is 4.49. The molecule has 0 bridgehead atoms. The number of hydrogen-bond donors (Lipinski definition) is 0. The Labute approximate surface area is 131 Å². The molecular weight excluding hydrogens is 286 g/mol. The molecule has 1 aromatic rings. The fourth-order valence-electron chi connectivity index (χ4n) is 2.42. The number of carbonyl (C=O) groups excluding carboxylic acids is 1. The van der Waals surface area contributed by atoms with E-state index in [9.17, 15) is 9.18 Å². The highest BCUT2D eigenvalue weighted by molar-refractivity contribution is 6.48. The summed E-state index contributed by atoms with van der Waals surface area (Å²) >= 11 is 0. The van der Waals surface area contributed by atoms with E-state index in [2.05, 4.69) is 0 Å². The van der Waals surface area contributed by atoms with Gasteiger partial charge >= 0.3 is 13.1 Å². The summed E-state index contributed by atoms with van der Waals surface area (Å²) in [4.78, 5) is 11.7. The molecule has 0 aromatic heterocycles. The molecule has 0 N–H and O–H groups in total. The number of methoxy groups -OCH3 is 1. The van der Waals surface area contributed by atoms with Crippen LogP contribution < -0.4 is 0 Å². The first-order valence-corrected chi connectivity index (χ1v) is 7.34. The molecule has 22 heavy (non-hydrogen) atoms. The summed E-state index contributed by atoms with van der Waals surface area (Å²) in [6.45, 7) is 7.75. The van der Waals surface area contributed by atoms with Crippen LogP contribution in [-0.4, -0.2) is 31.4 Å². The number of carbonyl (C=O) groups is 1. The Morgan fingerprint density at radius 3 is 2.36 bits per heavy atom. The average Bonchev–Trinajstić information content (AvgIpc) is 2.64. The normalized spacial score (nSPS) is 20.7. The largest absolute Gasteiger partial charge is 0.469 e. The van der Waals surface area contributed by atoms with Gasteiger partial charge in [-0.2, -0.15) is 0 Å². The van der Waals surface area contributed by atoms with Crippen molar-refractivity contribution in [1.29, 1.82) is 0 Å². The van der Waals surface area contributed by atoms with E-state index < -0.39 is 24.1 Å². The topological polar surface area (TPSA) is 44.8 Å². The van der Waals surface area contributed by atoms with Gasteiger partial charge in [0.25, 0.3) is 0 Å². The van der Waals surface area contributed by atoms with Crippen LogP contribution in [0.15, 0.2) is 24.3 Å². The van der Waals surface area contributed by atoms with Gasteiger partial charge < -0.3 is 14.0 Å². The maximum atomic E-state index is 13.5. The third-order valence-electron chi connectivity index (χ3n) is 4.49. The first-order chi connectivity index (χ1) is 10.2. The number of ether oxygens (including phenoxy) is 1. The van der Waals surface area contributed by atoms with Crippen molar-refractivity contribution in [2.24, 2.45) is 0 Å². The molecule has 1 aromatic carbocycles. The predicted molar refractivity (Wildman–Crippen MR) is 81.9 cm³/mol. The summed E-state index contributed by atoms with van der Waals surface area (Å²) in [6, 6.07) is 6.14. The van der Waals surface area contributed by atoms with Crippen molar-refractivity contribution in [3.05, 3.63) is 35.6 Å². The summed E-state index contributed by atoms with van der Waals surface area (Å²) in [6.07, 6.45) is 0.0663. The number of esters is 1. The lowest BCUT2D eigenvalue weighted by atomic mass is 9.66. The standard InChI is InChI=1S/C16H22BFO4/c1-15(2)16(3,4)22-17(21-15)13(10-14(19)20-5)11-7-6-8-12(18)9-11/h6-9,13H,10H2,1-5H3. The summed E-state index contributed by atoms with van der Waals surface area (Å²) < 4.78 is 30.3. The van der Waals surface area contributed by atoms with Gasteiger partial charge in [0.15, 0.2) is 0 Å². The van der Waals surface area contributed by atoms with Crippen LogP contribution in [0.1, 0.15) is 45.5 Å². The molecular formula is C16H22BFO4. The van der Waals surface area contributed by atoms with E-state index in [1.54, 1.807) is 12.1 Å². The van der Waals surface area contributed by atoms with Gasteiger partial charge in [-0.15, -0.1) is 0 Å². The molecule has 1 heterocycles.